The molecule has 0 unspecified atom stereocenters. The Hall–Kier alpha value is -1.81. The fourth-order valence-corrected chi connectivity index (χ4v) is 2.18. The van der Waals surface area contributed by atoms with Crippen LogP contribution in [0, 0.1) is 6.92 Å². The molecular weight excluding hydrogens is 264 g/mol. The number of hydrogen-bond acceptors (Lipinski definition) is 3. The van der Waals surface area contributed by atoms with E-state index in [9.17, 15) is 4.79 Å². The molecular formula is C14H15ClN2O2. The van der Waals surface area contributed by atoms with E-state index in [1.54, 1.807) is 6.20 Å². The number of benzene rings is 1. The zero-order chi connectivity index (χ0) is 12.5. The number of aryl methyl sites for hydroxylation is 1. The van der Waals surface area contributed by atoms with Crippen LogP contribution in [0.15, 0.2) is 30.6 Å². The van der Waals surface area contributed by atoms with Gasteiger partial charge in [0.1, 0.15) is 11.6 Å². The van der Waals surface area contributed by atoms with Crippen molar-refractivity contribution in [3.63, 3.8) is 0 Å². The summed E-state index contributed by atoms with van der Waals surface area (Å²) >= 11 is 0. The van der Waals surface area contributed by atoms with Gasteiger partial charge in [0, 0.05) is 25.4 Å². The molecule has 0 N–H and O–H groups in total. The van der Waals surface area contributed by atoms with Gasteiger partial charge in [0.25, 0.3) is 0 Å². The van der Waals surface area contributed by atoms with Crippen molar-refractivity contribution in [3.8, 4) is 5.75 Å². The van der Waals surface area contributed by atoms with Gasteiger partial charge in [-0.3, -0.25) is 4.79 Å². The average molecular weight is 279 g/mol. The lowest BCUT2D eigenvalue weighted by Crippen LogP contribution is -2.15. The molecule has 0 fully saturated rings. The number of Topliss-reactive ketones (excluding diaryl/α,β-unsaturated/α-hetero) is 1. The lowest BCUT2D eigenvalue weighted by molar-refractivity contribution is 0.0933. The van der Waals surface area contributed by atoms with Gasteiger partial charge in [0.05, 0.1) is 12.2 Å². The van der Waals surface area contributed by atoms with Gasteiger partial charge in [-0.1, -0.05) is 6.07 Å². The molecule has 2 aromatic rings. The summed E-state index contributed by atoms with van der Waals surface area (Å²) < 4.78 is 7.52. The summed E-state index contributed by atoms with van der Waals surface area (Å²) in [5, 5.41) is 0. The molecule has 100 valence electrons. The molecule has 1 aromatic carbocycles. The van der Waals surface area contributed by atoms with Crippen LogP contribution in [0.3, 0.4) is 0 Å². The smallest absolute Gasteiger partial charge is 0.170 e. The zero-order valence-electron chi connectivity index (χ0n) is 10.6. The minimum absolute atomic E-state index is 0. The number of carbonyl (C=O) groups excluding carboxylic acids is 1. The van der Waals surface area contributed by atoms with E-state index in [0.717, 1.165) is 17.9 Å². The molecule has 19 heavy (non-hydrogen) atoms. The van der Waals surface area contributed by atoms with E-state index in [1.807, 2.05) is 31.3 Å². The number of hydrogen-bond donors (Lipinski definition) is 0. The number of fused-ring (bicyclic) bond motifs is 1. The highest BCUT2D eigenvalue weighted by Gasteiger charge is 2.18. The molecule has 5 heteroatoms. The summed E-state index contributed by atoms with van der Waals surface area (Å²) in [4.78, 5) is 16.0. The van der Waals surface area contributed by atoms with Crippen molar-refractivity contribution in [2.24, 2.45) is 0 Å². The molecule has 0 atom stereocenters. The van der Waals surface area contributed by atoms with Crippen molar-refractivity contribution in [1.82, 2.24) is 9.55 Å². The molecule has 1 aliphatic rings. The Morgan fingerprint density at radius 1 is 1.42 bits per heavy atom. The number of aromatic nitrogens is 2. The molecule has 0 saturated carbocycles. The van der Waals surface area contributed by atoms with Crippen molar-refractivity contribution >= 4 is 18.2 Å². The lowest BCUT2D eigenvalue weighted by atomic mass is 10.0. The SMILES string of the molecule is Cc1nccn1Cc1ccc2c(c1)C(=O)CCO2.Cl. The minimum atomic E-state index is 0. The first-order chi connectivity index (χ1) is 8.74. The summed E-state index contributed by atoms with van der Waals surface area (Å²) in [5.41, 5.74) is 1.80. The Bertz CT molecular complexity index is 607. The Kier molecular flexibility index (Phi) is 3.90. The van der Waals surface area contributed by atoms with Crippen LogP contribution in [0.5, 0.6) is 5.75 Å². The Morgan fingerprint density at radius 3 is 3.00 bits per heavy atom. The van der Waals surface area contributed by atoms with Crippen molar-refractivity contribution in [2.45, 2.75) is 19.9 Å². The standard InChI is InChI=1S/C14H14N2O2.ClH/c1-10-15-5-6-16(10)9-11-2-3-14-12(8-11)13(17)4-7-18-14;/h2-3,5-6,8H,4,7,9H2,1H3;1H. The fourth-order valence-electron chi connectivity index (χ4n) is 2.18. The number of imidazole rings is 1. The normalized spacial score (nSPS) is 13.4. The van der Waals surface area contributed by atoms with Gasteiger partial charge in [-0.05, 0) is 24.6 Å². The predicted octanol–water partition coefficient (Wildman–Crippen LogP) is 2.63. The van der Waals surface area contributed by atoms with Crippen LogP contribution < -0.4 is 4.74 Å². The van der Waals surface area contributed by atoms with Crippen LogP contribution in [0.1, 0.15) is 28.2 Å². The largest absolute Gasteiger partial charge is 0.492 e. The number of halogens is 1. The molecule has 3 rings (SSSR count). The van der Waals surface area contributed by atoms with E-state index in [0.29, 0.717) is 24.3 Å². The molecule has 1 aromatic heterocycles. The highest BCUT2D eigenvalue weighted by molar-refractivity contribution is 5.99. The van der Waals surface area contributed by atoms with E-state index < -0.39 is 0 Å². The van der Waals surface area contributed by atoms with Crippen LogP contribution in [-0.2, 0) is 6.54 Å². The first kappa shape index (κ1) is 13.6. The lowest BCUT2D eigenvalue weighted by Gasteiger charge is -2.17. The van der Waals surface area contributed by atoms with E-state index in [4.69, 9.17) is 4.74 Å². The van der Waals surface area contributed by atoms with Crippen LogP contribution >= 0.6 is 12.4 Å². The van der Waals surface area contributed by atoms with Crippen molar-refractivity contribution < 1.29 is 9.53 Å². The van der Waals surface area contributed by atoms with Crippen molar-refractivity contribution in [2.75, 3.05) is 6.61 Å². The monoisotopic (exact) mass is 278 g/mol. The third-order valence-corrected chi connectivity index (χ3v) is 3.21. The first-order valence-corrected chi connectivity index (χ1v) is 6.01. The van der Waals surface area contributed by atoms with Gasteiger partial charge < -0.3 is 9.30 Å². The summed E-state index contributed by atoms with van der Waals surface area (Å²) in [7, 11) is 0. The summed E-state index contributed by atoms with van der Waals surface area (Å²) in [6.07, 6.45) is 4.19. The van der Waals surface area contributed by atoms with E-state index in [-0.39, 0.29) is 18.2 Å². The summed E-state index contributed by atoms with van der Waals surface area (Å²) in [5.74, 6) is 1.84. The third kappa shape index (κ3) is 2.63. The van der Waals surface area contributed by atoms with E-state index >= 15 is 0 Å². The molecule has 2 heterocycles. The van der Waals surface area contributed by atoms with Crippen LogP contribution in [0.4, 0.5) is 0 Å². The average Bonchev–Trinajstić information content (AvgIpc) is 2.76. The summed E-state index contributed by atoms with van der Waals surface area (Å²) in [6.45, 7) is 3.19. The van der Waals surface area contributed by atoms with Crippen molar-refractivity contribution in [1.29, 1.82) is 0 Å². The summed E-state index contributed by atoms with van der Waals surface area (Å²) in [6, 6.07) is 5.81. The Morgan fingerprint density at radius 2 is 2.26 bits per heavy atom. The van der Waals surface area contributed by atoms with Gasteiger partial charge in [-0.2, -0.15) is 0 Å². The maximum absolute atomic E-state index is 11.8. The first-order valence-electron chi connectivity index (χ1n) is 6.01. The van der Waals surface area contributed by atoms with Crippen LogP contribution in [0.2, 0.25) is 0 Å². The van der Waals surface area contributed by atoms with Gasteiger partial charge >= 0.3 is 0 Å². The maximum atomic E-state index is 11.8. The fraction of sp³-hybridized carbons (Fsp3) is 0.286. The van der Waals surface area contributed by atoms with Gasteiger partial charge in [-0.25, -0.2) is 4.98 Å². The number of ketones is 1. The number of nitrogens with zero attached hydrogens (tertiary/aromatic N) is 2. The number of rotatable bonds is 2. The minimum Gasteiger partial charge on any atom is -0.492 e. The molecule has 0 bridgehead atoms. The molecule has 0 aliphatic carbocycles. The Labute approximate surface area is 117 Å². The molecule has 1 aliphatic heterocycles. The molecule has 0 radical (unpaired) electrons. The van der Waals surface area contributed by atoms with E-state index in [1.165, 1.54) is 0 Å². The third-order valence-electron chi connectivity index (χ3n) is 3.21. The van der Waals surface area contributed by atoms with Crippen LogP contribution in [-0.4, -0.2) is 21.9 Å². The number of ether oxygens (including phenoxy) is 1. The number of carbonyl (C=O) groups is 1. The zero-order valence-corrected chi connectivity index (χ0v) is 11.4. The molecule has 0 amide bonds. The highest BCUT2D eigenvalue weighted by Crippen LogP contribution is 2.26. The molecule has 0 spiro atoms. The second kappa shape index (κ2) is 5.45. The quantitative estimate of drug-likeness (QED) is 0.848. The molecule has 0 saturated heterocycles. The van der Waals surface area contributed by atoms with Gasteiger partial charge in [-0.15, -0.1) is 12.4 Å². The Balaban J connectivity index is 0.00000133. The molecule has 4 nitrogen and oxygen atoms in total. The highest BCUT2D eigenvalue weighted by atomic mass is 35.5. The van der Waals surface area contributed by atoms with Gasteiger partial charge in [0.2, 0.25) is 0 Å². The second-order valence-corrected chi connectivity index (χ2v) is 4.45. The predicted molar refractivity (Wildman–Crippen MR) is 74.2 cm³/mol. The maximum Gasteiger partial charge on any atom is 0.170 e. The van der Waals surface area contributed by atoms with Crippen LogP contribution in [0.25, 0.3) is 0 Å². The second-order valence-electron chi connectivity index (χ2n) is 4.45. The van der Waals surface area contributed by atoms with Gasteiger partial charge in [0.15, 0.2) is 5.78 Å². The van der Waals surface area contributed by atoms with E-state index in [2.05, 4.69) is 9.55 Å². The topological polar surface area (TPSA) is 44.1 Å². The van der Waals surface area contributed by atoms with Crippen molar-refractivity contribution in [3.05, 3.63) is 47.5 Å².